The Labute approximate surface area is 88.3 Å². The Morgan fingerprint density at radius 2 is 2.20 bits per heavy atom. The number of carbonyl (C=O) groups excluding carboxylic acids is 1. The van der Waals surface area contributed by atoms with Gasteiger partial charge in [-0.25, -0.2) is 4.79 Å². The van der Waals surface area contributed by atoms with E-state index in [-0.39, 0.29) is 18.2 Å². The van der Waals surface area contributed by atoms with Gasteiger partial charge in [-0.15, -0.1) is 0 Å². The summed E-state index contributed by atoms with van der Waals surface area (Å²) in [5.41, 5.74) is 0.546. The number of hydrogen-bond donors (Lipinski definition) is 0. The summed E-state index contributed by atoms with van der Waals surface area (Å²) in [5.74, 6) is -0.337. The number of hydrogen-bond acceptors (Lipinski definition) is 3. The Morgan fingerprint density at radius 1 is 1.53 bits per heavy atom. The average molecular weight is 204 g/mol. The quantitative estimate of drug-likeness (QED) is 0.426. The molecule has 0 spiro atoms. The highest BCUT2D eigenvalue weighted by Gasteiger charge is 2.33. The summed E-state index contributed by atoms with van der Waals surface area (Å²) in [7, 11) is 0. The standard InChI is InChI=1S/C12H12O3/c1-2-10(11-8-14-11)15-12(13)9-6-4-3-5-7-9/h2-7,10-11H,1,8H2. The monoisotopic (exact) mass is 204 g/mol. The van der Waals surface area contributed by atoms with Crippen molar-refractivity contribution in [3.8, 4) is 0 Å². The predicted molar refractivity (Wildman–Crippen MR) is 55.6 cm³/mol. The van der Waals surface area contributed by atoms with Crippen LogP contribution < -0.4 is 0 Å². The van der Waals surface area contributed by atoms with Gasteiger partial charge < -0.3 is 9.47 Å². The van der Waals surface area contributed by atoms with Crippen molar-refractivity contribution < 1.29 is 14.3 Å². The lowest BCUT2D eigenvalue weighted by Gasteiger charge is -2.11. The number of ether oxygens (including phenoxy) is 2. The van der Waals surface area contributed by atoms with E-state index in [9.17, 15) is 4.79 Å². The van der Waals surface area contributed by atoms with Gasteiger partial charge in [0.2, 0.25) is 0 Å². The average Bonchev–Trinajstić information content (AvgIpc) is 3.10. The van der Waals surface area contributed by atoms with Crippen molar-refractivity contribution in [1.29, 1.82) is 0 Å². The number of carbonyl (C=O) groups is 1. The van der Waals surface area contributed by atoms with Crippen LogP contribution in [0.3, 0.4) is 0 Å². The summed E-state index contributed by atoms with van der Waals surface area (Å²) in [6.45, 7) is 4.25. The fourth-order valence-corrected chi connectivity index (χ4v) is 1.29. The highest BCUT2D eigenvalue weighted by molar-refractivity contribution is 5.89. The lowest BCUT2D eigenvalue weighted by molar-refractivity contribution is 0.0342. The molecule has 78 valence electrons. The molecule has 2 unspecified atom stereocenters. The van der Waals surface area contributed by atoms with E-state index in [1.165, 1.54) is 0 Å². The van der Waals surface area contributed by atoms with E-state index in [1.54, 1.807) is 30.3 Å². The maximum Gasteiger partial charge on any atom is 0.338 e. The van der Waals surface area contributed by atoms with Crippen LogP contribution in [0.2, 0.25) is 0 Å². The summed E-state index contributed by atoms with van der Waals surface area (Å²) in [5, 5.41) is 0. The zero-order chi connectivity index (χ0) is 10.7. The van der Waals surface area contributed by atoms with Crippen LogP contribution in [0.5, 0.6) is 0 Å². The molecule has 1 aromatic rings. The Morgan fingerprint density at radius 3 is 2.73 bits per heavy atom. The van der Waals surface area contributed by atoms with Crippen molar-refractivity contribution in [2.24, 2.45) is 0 Å². The van der Waals surface area contributed by atoms with Crippen LogP contribution in [0.1, 0.15) is 10.4 Å². The minimum Gasteiger partial charge on any atom is -0.452 e. The second kappa shape index (κ2) is 4.28. The van der Waals surface area contributed by atoms with Gasteiger partial charge >= 0.3 is 5.97 Å². The Hall–Kier alpha value is -1.61. The maximum absolute atomic E-state index is 11.6. The molecular weight excluding hydrogens is 192 g/mol. The topological polar surface area (TPSA) is 38.8 Å². The first-order valence-corrected chi connectivity index (χ1v) is 4.81. The molecule has 3 heteroatoms. The molecule has 15 heavy (non-hydrogen) atoms. The van der Waals surface area contributed by atoms with Gasteiger partial charge in [-0.3, -0.25) is 0 Å². The summed E-state index contributed by atoms with van der Waals surface area (Å²) in [6.07, 6.45) is 1.26. The highest BCUT2D eigenvalue weighted by atomic mass is 16.6. The fourth-order valence-electron chi connectivity index (χ4n) is 1.29. The lowest BCUT2D eigenvalue weighted by atomic mass is 10.2. The molecule has 0 bridgehead atoms. The maximum atomic E-state index is 11.6. The van der Waals surface area contributed by atoms with Gasteiger partial charge in [0, 0.05) is 0 Å². The first-order valence-electron chi connectivity index (χ1n) is 4.81. The minimum atomic E-state index is -0.337. The second-order valence-corrected chi connectivity index (χ2v) is 3.34. The highest BCUT2D eigenvalue weighted by Crippen LogP contribution is 2.19. The van der Waals surface area contributed by atoms with E-state index in [0.717, 1.165) is 0 Å². The van der Waals surface area contributed by atoms with Gasteiger partial charge in [0.25, 0.3) is 0 Å². The molecule has 1 aliphatic rings. The molecule has 0 aliphatic carbocycles. The number of benzene rings is 1. The molecule has 1 aliphatic heterocycles. The van der Waals surface area contributed by atoms with Gasteiger partial charge in [0.15, 0.2) is 0 Å². The normalized spacial score (nSPS) is 20.4. The van der Waals surface area contributed by atoms with Crippen molar-refractivity contribution >= 4 is 5.97 Å². The molecule has 0 radical (unpaired) electrons. The van der Waals surface area contributed by atoms with Crippen LogP contribution in [0, 0.1) is 0 Å². The van der Waals surface area contributed by atoms with E-state index in [1.807, 2.05) is 6.07 Å². The molecule has 1 saturated heterocycles. The van der Waals surface area contributed by atoms with Crippen molar-refractivity contribution in [3.05, 3.63) is 48.6 Å². The third-order valence-electron chi connectivity index (χ3n) is 2.21. The molecule has 0 aromatic heterocycles. The van der Waals surface area contributed by atoms with Crippen LogP contribution in [-0.4, -0.2) is 24.8 Å². The molecule has 1 fully saturated rings. The lowest BCUT2D eigenvalue weighted by Crippen LogP contribution is -2.21. The number of epoxide rings is 1. The van der Waals surface area contributed by atoms with Crippen molar-refractivity contribution in [1.82, 2.24) is 0 Å². The van der Waals surface area contributed by atoms with Gasteiger partial charge in [-0.1, -0.05) is 24.8 Å². The van der Waals surface area contributed by atoms with Crippen LogP contribution in [0.15, 0.2) is 43.0 Å². The van der Waals surface area contributed by atoms with Gasteiger partial charge in [-0.2, -0.15) is 0 Å². The molecule has 0 saturated carbocycles. The first kappa shape index (κ1) is 9.93. The molecule has 1 aromatic carbocycles. The second-order valence-electron chi connectivity index (χ2n) is 3.34. The summed E-state index contributed by atoms with van der Waals surface area (Å²) in [6, 6.07) is 8.89. The van der Waals surface area contributed by atoms with Crippen molar-refractivity contribution in [3.63, 3.8) is 0 Å². The molecule has 0 amide bonds. The molecule has 2 rings (SSSR count). The molecule has 1 heterocycles. The van der Waals surface area contributed by atoms with Crippen LogP contribution in [0.25, 0.3) is 0 Å². The van der Waals surface area contributed by atoms with Gasteiger partial charge in [0.05, 0.1) is 12.2 Å². The van der Waals surface area contributed by atoms with E-state index < -0.39 is 0 Å². The van der Waals surface area contributed by atoms with Crippen molar-refractivity contribution in [2.45, 2.75) is 12.2 Å². The summed E-state index contributed by atoms with van der Waals surface area (Å²) < 4.78 is 10.3. The van der Waals surface area contributed by atoms with Crippen LogP contribution in [0.4, 0.5) is 0 Å². The van der Waals surface area contributed by atoms with E-state index in [0.29, 0.717) is 12.2 Å². The van der Waals surface area contributed by atoms with Gasteiger partial charge in [0.1, 0.15) is 12.2 Å². The number of rotatable bonds is 4. The largest absolute Gasteiger partial charge is 0.452 e. The fraction of sp³-hybridized carbons (Fsp3) is 0.250. The molecular formula is C12H12O3. The Balaban J connectivity index is 1.99. The SMILES string of the molecule is C=CC(OC(=O)c1ccccc1)C1CO1. The van der Waals surface area contributed by atoms with E-state index in [2.05, 4.69) is 6.58 Å². The third-order valence-corrected chi connectivity index (χ3v) is 2.21. The molecule has 2 atom stereocenters. The zero-order valence-electron chi connectivity index (χ0n) is 8.26. The zero-order valence-corrected chi connectivity index (χ0v) is 8.26. The Kier molecular flexibility index (Phi) is 2.83. The summed E-state index contributed by atoms with van der Waals surface area (Å²) >= 11 is 0. The van der Waals surface area contributed by atoms with Crippen molar-refractivity contribution in [2.75, 3.05) is 6.61 Å². The predicted octanol–water partition coefficient (Wildman–Crippen LogP) is 1.80. The van der Waals surface area contributed by atoms with Crippen LogP contribution in [-0.2, 0) is 9.47 Å². The van der Waals surface area contributed by atoms with Crippen LogP contribution >= 0.6 is 0 Å². The minimum absolute atomic E-state index is 0.00448. The summed E-state index contributed by atoms with van der Waals surface area (Å²) in [4.78, 5) is 11.6. The third kappa shape index (κ3) is 2.44. The molecule has 0 N–H and O–H groups in total. The first-order chi connectivity index (χ1) is 7.31. The Bertz CT molecular complexity index is 354. The smallest absolute Gasteiger partial charge is 0.338 e. The van der Waals surface area contributed by atoms with Gasteiger partial charge in [-0.05, 0) is 18.2 Å². The van der Waals surface area contributed by atoms with E-state index in [4.69, 9.17) is 9.47 Å². The molecule has 3 nitrogen and oxygen atoms in total. The van der Waals surface area contributed by atoms with E-state index >= 15 is 0 Å². The number of esters is 1.